The van der Waals surface area contributed by atoms with Crippen LogP contribution >= 0.6 is 0 Å². The molecule has 3 rings (SSSR count). The number of nitrogens with one attached hydrogen (secondary N) is 1. The van der Waals surface area contributed by atoms with Crippen LogP contribution in [0, 0.1) is 24.0 Å². The maximum absolute atomic E-state index is 12.1. The molecule has 1 fully saturated rings. The van der Waals surface area contributed by atoms with Gasteiger partial charge < -0.3 is 15.0 Å². The monoisotopic (exact) mass is 415 g/mol. The molecule has 30 heavy (non-hydrogen) atoms. The first-order valence-electron chi connectivity index (χ1n) is 9.84. The van der Waals surface area contributed by atoms with Crippen LogP contribution in [-0.4, -0.2) is 46.3 Å². The number of aryl methyl sites for hydroxylation is 1. The quantitative estimate of drug-likeness (QED) is 0.419. The molecule has 1 amide bonds. The van der Waals surface area contributed by atoms with E-state index in [2.05, 4.69) is 15.3 Å². The normalized spacial score (nSPS) is 13.7. The summed E-state index contributed by atoms with van der Waals surface area (Å²) in [5.74, 6) is -1.17. The van der Waals surface area contributed by atoms with Crippen molar-refractivity contribution in [2.24, 2.45) is 0 Å². The van der Waals surface area contributed by atoms with Crippen molar-refractivity contribution >= 4 is 28.9 Å². The van der Waals surface area contributed by atoms with E-state index in [1.807, 2.05) is 24.3 Å². The van der Waals surface area contributed by atoms with E-state index in [0.29, 0.717) is 5.69 Å². The van der Waals surface area contributed by atoms with E-state index in [1.165, 1.54) is 37.8 Å². The van der Waals surface area contributed by atoms with Crippen molar-refractivity contribution in [3.05, 3.63) is 45.8 Å². The highest BCUT2D eigenvalue weighted by Gasteiger charge is 2.23. The fourth-order valence-corrected chi connectivity index (χ4v) is 3.52. The van der Waals surface area contributed by atoms with Crippen molar-refractivity contribution in [3.8, 4) is 0 Å². The standard InChI is InChI=1S/C20H25N5O5/c1-14-20(25(28)29)15(2)24(22-14)12-19(27)30-13-18(26)21-16-6-8-17(9-7-16)23-10-4-3-5-11-23/h6-9H,3-5,10-13H2,1-2H3,(H,21,26). The first-order valence-corrected chi connectivity index (χ1v) is 9.84. The Labute approximate surface area is 174 Å². The van der Waals surface area contributed by atoms with Crippen LogP contribution < -0.4 is 10.2 Å². The lowest BCUT2D eigenvalue weighted by Gasteiger charge is -2.28. The van der Waals surface area contributed by atoms with Crippen molar-refractivity contribution < 1.29 is 19.2 Å². The van der Waals surface area contributed by atoms with Gasteiger partial charge in [-0.15, -0.1) is 0 Å². The van der Waals surface area contributed by atoms with Gasteiger partial charge in [0.2, 0.25) is 0 Å². The van der Waals surface area contributed by atoms with Gasteiger partial charge in [0.15, 0.2) is 6.61 Å². The van der Waals surface area contributed by atoms with Crippen molar-refractivity contribution in [1.29, 1.82) is 0 Å². The number of hydrogen-bond acceptors (Lipinski definition) is 7. The number of ether oxygens (including phenoxy) is 1. The number of benzene rings is 1. The lowest BCUT2D eigenvalue weighted by Crippen LogP contribution is -2.29. The summed E-state index contributed by atoms with van der Waals surface area (Å²) in [6.45, 7) is 4.33. The predicted octanol–water partition coefficient (Wildman–Crippen LogP) is 2.58. The maximum Gasteiger partial charge on any atom is 0.328 e. The van der Waals surface area contributed by atoms with Gasteiger partial charge in [-0.25, -0.2) is 0 Å². The van der Waals surface area contributed by atoms with E-state index in [4.69, 9.17) is 4.74 Å². The zero-order valence-corrected chi connectivity index (χ0v) is 17.1. The van der Waals surface area contributed by atoms with Crippen molar-refractivity contribution in [2.45, 2.75) is 39.7 Å². The van der Waals surface area contributed by atoms with E-state index in [0.717, 1.165) is 18.8 Å². The van der Waals surface area contributed by atoms with Gasteiger partial charge in [0.25, 0.3) is 5.91 Å². The molecule has 1 saturated heterocycles. The molecule has 10 nitrogen and oxygen atoms in total. The molecule has 0 atom stereocenters. The van der Waals surface area contributed by atoms with Gasteiger partial charge in [0.05, 0.1) is 4.92 Å². The van der Waals surface area contributed by atoms with Crippen molar-refractivity contribution in [3.63, 3.8) is 0 Å². The molecule has 0 radical (unpaired) electrons. The molecule has 0 saturated carbocycles. The van der Waals surface area contributed by atoms with E-state index in [9.17, 15) is 19.7 Å². The molecule has 0 unspecified atom stereocenters. The molecule has 10 heteroatoms. The minimum Gasteiger partial charge on any atom is -0.454 e. The number of aromatic nitrogens is 2. The fourth-order valence-electron chi connectivity index (χ4n) is 3.52. The van der Waals surface area contributed by atoms with Crippen LogP contribution in [-0.2, 0) is 20.9 Å². The Morgan fingerprint density at radius 1 is 1.17 bits per heavy atom. The second kappa shape index (κ2) is 9.38. The smallest absolute Gasteiger partial charge is 0.328 e. The first kappa shape index (κ1) is 21.3. The molecule has 0 aliphatic carbocycles. The van der Waals surface area contributed by atoms with Gasteiger partial charge in [0.1, 0.15) is 17.9 Å². The molecule has 2 aromatic rings. The van der Waals surface area contributed by atoms with E-state index in [1.54, 1.807) is 0 Å². The average Bonchev–Trinajstić information content (AvgIpc) is 3.00. The minimum absolute atomic E-state index is 0.131. The number of amides is 1. The van der Waals surface area contributed by atoms with Crippen LogP contribution in [0.2, 0.25) is 0 Å². The fraction of sp³-hybridized carbons (Fsp3) is 0.450. The lowest BCUT2D eigenvalue weighted by atomic mass is 10.1. The van der Waals surface area contributed by atoms with Gasteiger partial charge in [-0.3, -0.25) is 24.4 Å². The molecule has 1 aromatic carbocycles. The number of piperidine rings is 1. The number of carbonyl (C=O) groups excluding carboxylic acids is 2. The zero-order valence-electron chi connectivity index (χ0n) is 17.1. The predicted molar refractivity (Wildman–Crippen MR) is 110 cm³/mol. The summed E-state index contributed by atoms with van der Waals surface area (Å²) in [6.07, 6.45) is 3.64. The van der Waals surface area contributed by atoms with Crippen molar-refractivity contribution in [2.75, 3.05) is 29.9 Å². The van der Waals surface area contributed by atoms with Crippen LogP contribution in [0.5, 0.6) is 0 Å². The van der Waals surface area contributed by atoms with Gasteiger partial charge in [-0.1, -0.05) is 0 Å². The highest BCUT2D eigenvalue weighted by atomic mass is 16.6. The highest BCUT2D eigenvalue weighted by molar-refractivity contribution is 5.92. The third kappa shape index (κ3) is 5.13. The van der Waals surface area contributed by atoms with E-state index < -0.39 is 23.4 Å². The van der Waals surface area contributed by atoms with Gasteiger partial charge in [-0.2, -0.15) is 5.10 Å². The maximum atomic E-state index is 12.1. The van der Waals surface area contributed by atoms with Crippen LogP contribution in [0.1, 0.15) is 30.7 Å². The van der Waals surface area contributed by atoms with Crippen LogP contribution in [0.3, 0.4) is 0 Å². The SMILES string of the molecule is Cc1nn(CC(=O)OCC(=O)Nc2ccc(N3CCCCC3)cc2)c(C)c1[N+](=O)[O-]. The molecule has 1 aliphatic heterocycles. The Hall–Kier alpha value is -3.43. The minimum atomic E-state index is -0.703. The zero-order chi connectivity index (χ0) is 21.7. The number of nitro groups is 1. The molecule has 1 aliphatic rings. The number of esters is 1. The first-order chi connectivity index (χ1) is 14.3. The highest BCUT2D eigenvalue weighted by Crippen LogP contribution is 2.22. The van der Waals surface area contributed by atoms with Crippen LogP contribution in [0.15, 0.2) is 24.3 Å². The summed E-state index contributed by atoms with van der Waals surface area (Å²) < 4.78 is 6.17. The summed E-state index contributed by atoms with van der Waals surface area (Å²) in [5, 5.41) is 17.7. The number of rotatable bonds is 7. The number of nitrogens with zero attached hydrogens (tertiary/aromatic N) is 4. The van der Waals surface area contributed by atoms with Crippen molar-refractivity contribution in [1.82, 2.24) is 9.78 Å². The molecular weight excluding hydrogens is 390 g/mol. The van der Waals surface area contributed by atoms with Gasteiger partial charge in [-0.05, 0) is 57.4 Å². The van der Waals surface area contributed by atoms with Gasteiger partial charge >= 0.3 is 11.7 Å². The van der Waals surface area contributed by atoms with Crippen LogP contribution in [0.25, 0.3) is 0 Å². The summed E-state index contributed by atoms with van der Waals surface area (Å²) in [7, 11) is 0. The topological polar surface area (TPSA) is 120 Å². The molecular formula is C20H25N5O5. The second-order valence-corrected chi connectivity index (χ2v) is 7.24. The Balaban J connectivity index is 1.48. The number of anilines is 2. The van der Waals surface area contributed by atoms with E-state index in [-0.39, 0.29) is 23.6 Å². The summed E-state index contributed by atoms with van der Waals surface area (Å²) >= 11 is 0. The molecule has 2 heterocycles. The third-order valence-electron chi connectivity index (χ3n) is 5.04. The molecule has 0 spiro atoms. The molecule has 160 valence electrons. The molecule has 0 bridgehead atoms. The Morgan fingerprint density at radius 2 is 1.83 bits per heavy atom. The summed E-state index contributed by atoms with van der Waals surface area (Å²) in [4.78, 5) is 36.9. The lowest BCUT2D eigenvalue weighted by molar-refractivity contribution is -0.386. The number of hydrogen-bond donors (Lipinski definition) is 1. The molecule has 1 N–H and O–H groups in total. The van der Waals surface area contributed by atoms with Crippen LogP contribution in [0.4, 0.5) is 17.1 Å². The van der Waals surface area contributed by atoms with Gasteiger partial charge in [0, 0.05) is 24.5 Å². The summed E-state index contributed by atoms with van der Waals surface area (Å²) in [5.41, 5.74) is 2.08. The van der Waals surface area contributed by atoms with E-state index >= 15 is 0 Å². The number of carbonyl (C=O) groups is 2. The largest absolute Gasteiger partial charge is 0.454 e. The average molecular weight is 415 g/mol. The molecule has 1 aromatic heterocycles. The second-order valence-electron chi connectivity index (χ2n) is 7.24. The Morgan fingerprint density at radius 3 is 2.43 bits per heavy atom. The Kier molecular flexibility index (Phi) is 6.65. The Bertz CT molecular complexity index is 932. The summed E-state index contributed by atoms with van der Waals surface area (Å²) in [6, 6.07) is 7.56. The third-order valence-corrected chi connectivity index (χ3v) is 5.04.